The van der Waals surface area contributed by atoms with Crippen molar-refractivity contribution in [1.29, 1.82) is 0 Å². The Morgan fingerprint density at radius 2 is 1.85 bits per heavy atom. The molecule has 1 saturated heterocycles. The number of morpholine rings is 1. The first-order valence-corrected chi connectivity index (χ1v) is 7.80. The molecule has 20 heavy (non-hydrogen) atoms. The molecule has 3 atom stereocenters. The van der Waals surface area contributed by atoms with Gasteiger partial charge in [0.1, 0.15) is 0 Å². The highest BCUT2D eigenvalue weighted by atomic mass is 16.5. The number of aryl methyl sites for hydroxylation is 1. The van der Waals surface area contributed by atoms with Crippen molar-refractivity contribution < 1.29 is 4.74 Å². The molecule has 3 nitrogen and oxygen atoms in total. The lowest BCUT2D eigenvalue weighted by molar-refractivity contribution is -0.103. The zero-order valence-electron chi connectivity index (χ0n) is 12.6. The van der Waals surface area contributed by atoms with Crippen molar-refractivity contribution in [3.8, 4) is 0 Å². The first kappa shape index (κ1) is 14.1. The van der Waals surface area contributed by atoms with Gasteiger partial charge >= 0.3 is 0 Å². The Hall–Kier alpha value is -0.900. The molecule has 1 aliphatic heterocycles. The zero-order chi connectivity index (χ0) is 14.2. The third-order valence-electron chi connectivity index (χ3n) is 4.97. The molecule has 0 aromatic heterocycles. The second kappa shape index (κ2) is 5.47. The number of nitrogens with zero attached hydrogens (tertiary/aromatic N) is 1. The van der Waals surface area contributed by atoms with Crippen LogP contribution in [0.15, 0.2) is 24.3 Å². The lowest BCUT2D eigenvalue weighted by Gasteiger charge is -2.50. The molecule has 2 aliphatic rings. The smallest absolute Gasteiger partial charge is 0.0678 e. The Balaban J connectivity index is 1.86. The van der Waals surface area contributed by atoms with E-state index in [4.69, 9.17) is 10.5 Å². The van der Waals surface area contributed by atoms with Crippen LogP contribution < -0.4 is 5.73 Å². The minimum atomic E-state index is 0.126. The first-order chi connectivity index (χ1) is 9.63. The average Bonchev–Trinajstić information content (AvgIpc) is 2.45. The first-order valence-electron chi connectivity index (χ1n) is 7.80. The van der Waals surface area contributed by atoms with Crippen LogP contribution >= 0.6 is 0 Å². The Morgan fingerprint density at radius 1 is 1.20 bits per heavy atom. The van der Waals surface area contributed by atoms with Crippen LogP contribution in [-0.2, 0) is 17.6 Å². The molecule has 0 radical (unpaired) electrons. The number of rotatable bonds is 2. The summed E-state index contributed by atoms with van der Waals surface area (Å²) in [5, 5.41) is 0. The van der Waals surface area contributed by atoms with Crippen molar-refractivity contribution in [1.82, 2.24) is 4.90 Å². The Kier molecular flexibility index (Phi) is 3.85. The van der Waals surface area contributed by atoms with Crippen molar-refractivity contribution in [2.75, 3.05) is 19.6 Å². The van der Waals surface area contributed by atoms with E-state index in [1.807, 2.05) is 0 Å². The fourth-order valence-electron chi connectivity index (χ4n) is 3.92. The monoisotopic (exact) mass is 274 g/mol. The van der Waals surface area contributed by atoms with Crippen LogP contribution in [0.1, 0.15) is 31.4 Å². The molecule has 3 unspecified atom stereocenters. The molecule has 3 heteroatoms. The molecular weight excluding hydrogens is 248 g/mol. The quantitative estimate of drug-likeness (QED) is 0.896. The average molecular weight is 274 g/mol. The highest BCUT2D eigenvalue weighted by Crippen LogP contribution is 2.34. The fourth-order valence-corrected chi connectivity index (χ4v) is 3.92. The van der Waals surface area contributed by atoms with E-state index in [2.05, 4.69) is 43.0 Å². The fraction of sp³-hybridized carbons (Fsp3) is 0.647. The highest BCUT2D eigenvalue weighted by Gasteiger charge is 2.41. The molecule has 110 valence electrons. The van der Waals surface area contributed by atoms with Gasteiger partial charge in [-0.25, -0.2) is 0 Å². The van der Waals surface area contributed by atoms with E-state index in [1.54, 1.807) is 0 Å². The van der Waals surface area contributed by atoms with Crippen LogP contribution in [0.2, 0.25) is 0 Å². The maximum atomic E-state index is 6.23. The number of ether oxygens (including phenoxy) is 1. The second-order valence-electron chi connectivity index (χ2n) is 6.54. The number of hydrogen-bond donors (Lipinski definition) is 1. The molecule has 3 rings (SSSR count). The van der Waals surface area contributed by atoms with Gasteiger partial charge in [0.2, 0.25) is 0 Å². The third kappa shape index (κ3) is 2.50. The molecule has 0 spiro atoms. The molecule has 1 heterocycles. The number of fused-ring (bicyclic) bond motifs is 1. The predicted octanol–water partition coefficient (Wildman–Crippen LogP) is 1.98. The minimum absolute atomic E-state index is 0.126. The van der Waals surface area contributed by atoms with E-state index < -0.39 is 0 Å². The lowest BCUT2D eigenvalue weighted by atomic mass is 9.76. The summed E-state index contributed by atoms with van der Waals surface area (Å²) < 4.78 is 5.88. The Bertz CT molecular complexity index is 466. The standard InChI is InChI=1S/C17H26N2O/c1-13-10-19(11-14(2)20-13)17(12-18)8-7-15-5-3-4-6-16(15)9-17/h3-6,13-14H,7-12,18H2,1-2H3. The summed E-state index contributed by atoms with van der Waals surface area (Å²) in [6.07, 6.45) is 4.01. The van der Waals surface area contributed by atoms with Gasteiger partial charge in [-0.05, 0) is 44.2 Å². The van der Waals surface area contributed by atoms with Gasteiger partial charge in [0.05, 0.1) is 12.2 Å². The molecular formula is C17H26N2O. The summed E-state index contributed by atoms with van der Waals surface area (Å²) in [5.41, 5.74) is 9.35. The maximum absolute atomic E-state index is 6.23. The van der Waals surface area contributed by atoms with Gasteiger partial charge in [-0.15, -0.1) is 0 Å². The lowest BCUT2D eigenvalue weighted by Crippen LogP contribution is -2.62. The summed E-state index contributed by atoms with van der Waals surface area (Å²) >= 11 is 0. The van der Waals surface area contributed by atoms with E-state index in [1.165, 1.54) is 17.5 Å². The van der Waals surface area contributed by atoms with Crippen molar-refractivity contribution in [2.45, 2.75) is 50.9 Å². The molecule has 1 fully saturated rings. The van der Waals surface area contributed by atoms with Gasteiger partial charge in [0.25, 0.3) is 0 Å². The predicted molar refractivity (Wildman–Crippen MR) is 81.8 cm³/mol. The molecule has 0 amide bonds. The highest BCUT2D eigenvalue weighted by molar-refractivity contribution is 5.32. The number of hydrogen-bond acceptors (Lipinski definition) is 3. The zero-order valence-corrected chi connectivity index (χ0v) is 12.6. The van der Waals surface area contributed by atoms with Crippen LogP contribution in [-0.4, -0.2) is 42.3 Å². The summed E-state index contributed by atoms with van der Waals surface area (Å²) in [6.45, 7) is 7.08. The summed E-state index contributed by atoms with van der Waals surface area (Å²) in [4.78, 5) is 2.60. The number of benzene rings is 1. The van der Waals surface area contributed by atoms with Gasteiger partial charge in [0.15, 0.2) is 0 Å². The Labute approximate surface area is 122 Å². The van der Waals surface area contributed by atoms with E-state index in [0.29, 0.717) is 12.2 Å². The minimum Gasteiger partial charge on any atom is -0.373 e. The van der Waals surface area contributed by atoms with Gasteiger partial charge in [-0.3, -0.25) is 4.90 Å². The van der Waals surface area contributed by atoms with Gasteiger partial charge < -0.3 is 10.5 Å². The van der Waals surface area contributed by atoms with Gasteiger partial charge in [0, 0.05) is 25.2 Å². The molecule has 2 N–H and O–H groups in total. The summed E-state index contributed by atoms with van der Waals surface area (Å²) in [6, 6.07) is 8.83. The molecule has 0 bridgehead atoms. The maximum Gasteiger partial charge on any atom is 0.0678 e. The van der Waals surface area contributed by atoms with Gasteiger partial charge in [-0.2, -0.15) is 0 Å². The normalized spacial score (nSPS) is 34.8. The van der Waals surface area contributed by atoms with E-state index in [-0.39, 0.29) is 5.54 Å². The van der Waals surface area contributed by atoms with Crippen molar-refractivity contribution in [3.63, 3.8) is 0 Å². The number of nitrogens with two attached hydrogens (primary N) is 1. The largest absolute Gasteiger partial charge is 0.373 e. The van der Waals surface area contributed by atoms with Crippen LogP contribution in [0.25, 0.3) is 0 Å². The van der Waals surface area contributed by atoms with E-state index in [9.17, 15) is 0 Å². The topological polar surface area (TPSA) is 38.5 Å². The summed E-state index contributed by atoms with van der Waals surface area (Å²) in [7, 11) is 0. The summed E-state index contributed by atoms with van der Waals surface area (Å²) in [5.74, 6) is 0. The van der Waals surface area contributed by atoms with Crippen LogP contribution in [0, 0.1) is 0 Å². The van der Waals surface area contributed by atoms with Crippen molar-refractivity contribution >= 4 is 0 Å². The Morgan fingerprint density at radius 3 is 2.50 bits per heavy atom. The molecule has 0 saturated carbocycles. The second-order valence-corrected chi connectivity index (χ2v) is 6.54. The third-order valence-corrected chi connectivity index (χ3v) is 4.97. The van der Waals surface area contributed by atoms with Crippen LogP contribution in [0.4, 0.5) is 0 Å². The van der Waals surface area contributed by atoms with Gasteiger partial charge in [-0.1, -0.05) is 24.3 Å². The van der Waals surface area contributed by atoms with Crippen molar-refractivity contribution in [2.24, 2.45) is 5.73 Å². The molecule has 1 aromatic carbocycles. The molecule has 1 aliphatic carbocycles. The van der Waals surface area contributed by atoms with Crippen molar-refractivity contribution in [3.05, 3.63) is 35.4 Å². The van der Waals surface area contributed by atoms with Crippen LogP contribution in [0.3, 0.4) is 0 Å². The SMILES string of the molecule is CC1CN(C2(CN)CCc3ccccc3C2)CC(C)O1. The molecule has 1 aromatic rings. The van der Waals surface area contributed by atoms with E-state index >= 15 is 0 Å². The van der Waals surface area contributed by atoms with E-state index in [0.717, 1.165) is 32.5 Å². The van der Waals surface area contributed by atoms with Crippen LogP contribution in [0.5, 0.6) is 0 Å².